The number of para-hydroxylation sites is 1. The number of anilines is 1. The highest BCUT2D eigenvalue weighted by atomic mass is 35.5. The van der Waals surface area contributed by atoms with Gasteiger partial charge in [0.1, 0.15) is 12.6 Å². The quantitative estimate of drug-likeness (QED) is 0.266. The maximum absolute atomic E-state index is 14.1. The molecule has 0 aliphatic carbocycles. The molecule has 0 saturated carbocycles. The van der Waals surface area contributed by atoms with Crippen LogP contribution in [-0.4, -0.2) is 43.8 Å². The number of aryl methyl sites for hydroxylation is 1. The average Bonchev–Trinajstić information content (AvgIpc) is 2.93. The highest BCUT2D eigenvalue weighted by Crippen LogP contribution is 2.27. The first-order valence-electron chi connectivity index (χ1n) is 13.2. The zero-order valence-corrected chi connectivity index (χ0v) is 25.4. The Morgan fingerprint density at radius 2 is 1.57 bits per heavy atom. The van der Waals surface area contributed by atoms with Gasteiger partial charge in [-0.05, 0) is 68.7 Å². The lowest BCUT2D eigenvalue weighted by Crippen LogP contribution is -2.53. The highest BCUT2D eigenvalue weighted by molar-refractivity contribution is 7.92. The second kappa shape index (κ2) is 14.0. The average molecular weight is 605 g/mol. The molecule has 0 radical (unpaired) electrons. The van der Waals surface area contributed by atoms with E-state index in [-0.39, 0.29) is 23.4 Å². The molecule has 0 aromatic heterocycles. The third-order valence-corrected chi connectivity index (χ3v) is 9.05. The molecule has 0 fully saturated rings. The van der Waals surface area contributed by atoms with Gasteiger partial charge in [0, 0.05) is 22.6 Å². The number of hydrogen-bond acceptors (Lipinski definition) is 4. The molecule has 0 bridgehead atoms. The summed E-state index contributed by atoms with van der Waals surface area (Å²) in [4.78, 5) is 28.9. The number of benzene rings is 3. The fraction of sp³-hybridized carbons (Fsp3) is 0.333. The van der Waals surface area contributed by atoms with Gasteiger partial charge in [-0.15, -0.1) is 0 Å². The largest absolute Gasteiger partial charge is 0.352 e. The van der Waals surface area contributed by atoms with Crippen LogP contribution in [0.1, 0.15) is 44.7 Å². The third-order valence-electron chi connectivity index (χ3n) is 6.67. The maximum atomic E-state index is 14.1. The van der Waals surface area contributed by atoms with Crippen LogP contribution in [0.15, 0.2) is 77.7 Å². The lowest BCUT2D eigenvalue weighted by molar-refractivity contribution is -0.140. The maximum Gasteiger partial charge on any atom is 0.264 e. The van der Waals surface area contributed by atoms with Gasteiger partial charge >= 0.3 is 0 Å². The second-order valence-corrected chi connectivity index (χ2v) is 12.4. The van der Waals surface area contributed by atoms with Crippen LogP contribution < -0.4 is 9.62 Å². The van der Waals surface area contributed by atoms with Gasteiger partial charge in [-0.25, -0.2) is 8.42 Å². The molecule has 214 valence electrons. The van der Waals surface area contributed by atoms with E-state index in [0.717, 1.165) is 16.3 Å². The predicted octanol–water partition coefficient (Wildman–Crippen LogP) is 6.22. The summed E-state index contributed by atoms with van der Waals surface area (Å²) in [6, 6.07) is 18.9. The zero-order valence-electron chi connectivity index (χ0n) is 23.1. The Morgan fingerprint density at radius 1 is 0.925 bits per heavy atom. The fourth-order valence-corrected chi connectivity index (χ4v) is 6.04. The standard InChI is InChI=1S/C30H35Cl2N3O4S/c1-5-22(4)33-30(37)28(6-2)34(19-23-14-15-24(31)18-27(23)32)29(36)20-35(25-10-8-7-9-11-25)40(38,39)26-16-12-21(3)13-17-26/h7-18,22,28H,5-6,19-20H2,1-4H3,(H,33,37)/t22-,28-/m0/s1. The molecule has 0 saturated heterocycles. The van der Waals surface area contributed by atoms with Crippen LogP contribution in [-0.2, 0) is 26.2 Å². The van der Waals surface area contributed by atoms with Gasteiger partial charge in [-0.1, -0.05) is 79.0 Å². The number of hydrogen-bond donors (Lipinski definition) is 1. The molecule has 0 aliphatic heterocycles. The van der Waals surface area contributed by atoms with Crippen molar-refractivity contribution < 1.29 is 18.0 Å². The SMILES string of the molecule is CC[C@H](C)NC(=O)[C@H](CC)N(Cc1ccc(Cl)cc1Cl)C(=O)CN(c1ccccc1)S(=O)(=O)c1ccc(C)cc1. The summed E-state index contributed by atoms with van der Waals surface area (Å²) in [6.07, 6.45) is 1.03. The fourth-order valence-electron chi connectivity index (χ4n) is 4.15. The molecule has 0 unspecified atom stereocenters. The number of carbonyl (C=O) groups excluding carboxylic acids is 2. The van der Waals surface area contributed by atoms with Gasteiger partial charge < -0.3 is 10.2 Å². The summed E-state index contributed by atoms with van der Waals surface area (Å²) in [5.41, 5.74) is 1.82. The summed E-state index contributed by atoms with van der Waals surface area (Å²) < 4.78 is 28.8. The molecule has 2 atom stereocenters. The summed E-state index contributed by atoms with van der Waals surface area (Å²) in [5, 5.41) is 3.73. The van der Waals surface area contributed by atoms with Gasteiger partial charge in [-0.2, -0.15) is 0 Å². The summed E-state index contributed by atoms with van der Waals surface area (Å²) >= 11 is 12.5. The molecule has 3 aromatic rings. The number of nitrogens with zero attached hydrogens (tertiary/aromatic N) is 2. The van der Waals surface area contributed by atoms with Gasteiger partial charge in [0.25, 0.3) is 10.0 Å². The normalized spacial score (nSPS) is 12.8. The van der Waals surface area contributed by atoms with E-state index < -0.39 is 28.5 Å². The van der Waals surface area contributed by atoms with Crippen LogP contribution in [0.4, 0.5) is 5.69 Å². The van der Waals surface area contributed by atoms with Crippen molar-refractivity contribution >= 4 is 50.7 Å². The smallest absolute Gasteiger partial charge is 0.264 e. The van der Waals surface area contributed by atoms with Crippen molar-refractivity contribution in [2.75, 3.05) is 10.8 Å². The first kappa shape index (κ1) is 31.5. The van der Waals surface area contributed by atoms with E-state index in [1.165, 1.54) is 17.0 Å². The van der Waals surface area contributed by atoms with Gasteiger partial charge in [0.15, 0.2) is 0 Å². The molecular formula is C30H35Cl2N3O4S. The Labute approximate surface area is 247 Å². The van der Waals surface area contributed by atoms with E-state index >= 15 is 0 Å². The van der Waals surface area contributed by atoms with Crippen molar-refractivity contribution in [3.63, 3.8) is 0 Å². The Bertz CT molecular complexity index is 1420. The van der Waals surface area contributed by atoms with E-state index in [9.17, 15) is 18.0 Å². The minimum absolute atomic E-state index is 0.00548. The van der Waals surface area contributed by atoms with E-state index in [1.54, 1.807) is 60.7 Å². The summed E-state index contributed by atoms with van der Waals surface area (Å²) in [6.45, 7) is 6.99. The number of carbonyl (C=O) groups is 2. The van der Waals surface area contributed by atoms with Crippen LogP contribution in [0, 0.1) is 6.92 Å². The second-order valence-electron chi connectivity index (χ2n) is 9.66. The number of nitrogens with one attached hydrogen (secondary N) is 1. The predicted molar refractivity (Wildman–Crippen MR) is 161 cm³/mol. The number of rotatable bonds is 12. The van der Waals surface area contributed by atoms with E-state index in [1.807, 2.05) is 27.7 Å². The van der Waals surface area contributed by atoms with Crippen molar-refractivity contribution in [2.45, 2.75) is 64.1 Å². The van der Waals surface area contributed by atoms with Crippen LogP contribution in [0.5, 0.6) is 0 Å². The molecule has 0 aliphatic rings. The number of sulfonamides is 1. The molecule has 2 amide bonds. The lowest BCUT2D eigenvalue weighted by Gasteiger charge is -2.34. The van der Waals surface area contributed by atoms with Crippen molar-refractivity contribution in [3.05, 3.63) is 94.0 Å². The molecule has 0 spiro atoms. The lowest BCUT2D eigenvalue weighted by atomic mass is 10.1. The van der Waals surface area contributed by atoms with Crippen LogP contribution in [0.25, 0.3) is 0 Å². The first-order valence-corrected chi connectivity index (χ1v) is 15.4. The molecule has 40 heavy (non-hydrogen) atoms. The summed E-state index contributed by atoms with van der Waals surface area (Å²) in [7, 11) is -4.12. The Morgan fingerprint density at radius 3 is 2.15 bits per heavy atom. The van der Waals surface area contributed by atoms with Gasteiger partial charge in [0.05, 0.1) is 10.6 Å². The van der Waals surface area contributed by atoms with E-state index in [2.05, 4.69) is 5.32 Å². The Balaban J connectivity index is 2.06. The zero-order chi connectivity index (χ0) is 29.4. The van der Waals surface area contributed by atoms with Crippen molar-refractivity contribution in [1.82, 2.24) is 10.2 Å². The summed E-state index contributed by atoms with van der Waals surface area (Å²) in [5.74, 6) is -0.861. The van der Waals surface area contributed by atoms with Crippen LogP contribution in [0.3, 0.4) is 0 Å². The van der Waals surface area contributed by atoms with E-state index in [4.69, 9.17) is 23.2 Å². The molecule has 1 N–H and O–H groups in total. The minimum atomic E-state index is -4.12. The molecule has 10 heteroatoms. The molecule has 0 heterocycles. The topological polar surface area (TPSA) is 86.8 Å². The third kappa shape index (κ3) is 7.77. The molecule has 3 aromatic carbocycles. The first-order chi connectivity index (χ1) is 19.0. The molecule has 3 rings (SSSR count). The highest BCUT2D eigenvalue weighted by Gasteiger charge is 2.34. The van der Waals surface area contributed by atoms with Crippen LogP contribution in [0.2, 0.25) is 10.0 Å². The van der Waals surface area contributed by atoms with Gasteiger partial charge in [-0.3, -0.25) is 13.9 Å². The minimum Gasteiger partial charge on any atom is -0.352 e. The molecular weight excluding hydrogens is 569 g/mol. The number of halogens is 2. The van der Waals surface area contributed by atoms with Gasteiger partial charge in [0.2, 0.25) is 11.8 Å². The molecule has 7 nitrogen and oxygen atoms in total. The number of amides is 2. The van der Waals surface area contributed by atoms with Crippen molar-refractivity contribution in [2.24, 2.45) is 0 Å². The Hall–Kier alpha value is -3.07. The van der Waals surface area contributed by atoms with Crippen molar-refractivity contribution in [3.8, 4) is 0 Å². The van der Waals surface area contributed by atoms with Crippen LogP contribution >= 0.6 is 23.2 Å². The van der Waals surface area contributed by atoms with E-state index in [0.29, 0.717) is 27.7 Å². The Kier molecular flexibility index (Phi) is 11.0. The monoisotopic (exact) mass is 603 g/mol. The van der Waals surface area contributed by atoms with Crippen molar-refractivity contribution in [1.29, 1.82) is 0 Å².